The lowest BCUT2D eigenvalue weighted by atomic mass is 10.1. The molecule has 3 heterocycles. The quantitative estimate of drug-likeness (QED) is 0.594. The molecule has 0 aliphatic carbocycles. The number of anilines is 1. The molecule has 0 saturated carbocycles. The Morgan fingerprint density at radius 3 is 2.69 bits per heavy atom. The third-order valence-electron chi connectivity index (χ3n) is 5.19. The highest BCUT2D eigenvalue weighted by Gasteiger charge is 2.25. The summed E-state index contributed by atoms with van der Waals surface area (Å²) in [6.07, 6.45) is 1.55. The molecule has 0 bridgehead atoms. The van der Waals surface area contributed by atoms with Crippen LogP contribution >= 0.6 is 11.3 Å². The van der Waals surface area contributed by atoms with Gasteiger partial charge in [-0.05, 0) is 25.5 Å². The van der Waals surface area contributed by atoms with E-state index in [0.29, 0.717) is 18.0 Å². The topological polar surface area (TPSA) is 58.6 Å². The minimum atomic E-state index is -0.311. The molecule has 4 rings (SSSR count). The van der Waals surface area contributed by atoms with Crippen molar-refractivity contribution in [3.63, 3.8) is 0 Å². The Hall–Kier alpha value is -2.58. The van der Waals surface area contributed by atoms with Crippen LogP contribution in [0.25, 0.3) is 10.2 Å². The van der Waals surface area contributed by atoms with Crippen molar-refractivity contribution in [3.8, 4) is 0 Å². The summed E-state index contributed by atoms with van der Waals surface area (Å²) < 4.78 is 19.1. The van der Waals surface area contributed by atoms with E-state index in [1.165, 1.54) is 17.4 Å². The van der Waals surface area contributed by atoms with Gasteiger partial charge in [-0.3, -0.25) is 4.90 Å². The maximum absolute atomic E-state index is 13.9. The van der Waals surface area contributed by atoms with Crippen molar-refractivity contribution in [1.29, 1.82) is 0 Å². The Morgan fingerprint density at radius 1 is 1.21 bits per heavy atom. The van der Waals surface area contributed by atoms with Gasteiger partial charge in [0.25, 0.3) is 0 Å². The van der Waals surface area contributed by atoms with Crippen LogP contribution in [0.2, 0.25) is 0 Å². The molecule has 0 amide bonds. The maximum atomic E-state index is 13.9. The number of aromatic nitrogens is 2. The molecule has 152 valence electrons. The molecule has 1 aromatic carbocycles. The lowest BCUT2D eigenvalue weighted by molar-refractivity contribution is 0.0531. The predicted octanol–water partition coefficient (Wildman–Crippen LogP) is 3.64. The molecule has 2 aromatic heterocycles. The Bertz CT molecular complexity index is 1030. The first-order chi connectivity index (χ1) is 14.1. The van der Waals surface area contributed by atoms with Gasteiger partial charge in [0, 0.05) is 38.3 Å². The fraction of sp³-hybridized carbons (Fsp3) is 0.381. The summed E-state index contributed by atoms with van der Waals surface area (Å²) in [6, 6.07) is 6.92. The molecule has 0 unspecified atom stereocenters. The van der Waals surface area contributed by atoms with Crippen LogP contribution in [-0.4, -0.2) is 53.6 Å². The normalized spacial score (nSPS) is 15.1. The average Bonchev–Trinajstić information content (AvgIpc) is 3.07. The lowest BCUT2D eigenvalue weighted by Gasteiger charge is -2.35. The van der Waals surface area contributed by atoms with Gasteiger partial charge in [0.2, 0.25) is 0 Å². The molecule has 8 heteroatoms. The molecule has 0 spiro atoms. The van der Waals surface area contributed by atoms with E-state index >= 15 is 0 Å². The SMILES string of the molecule is CCOC(=O)c1sc2ncnc(N3CCN(Cc4ccccc4F)CC3)c2c1C. The standard InChI is InChI=1S/C21H23FN4O2S/c1-3-28-21(27)18-14(2)17-19(23-13-24-20(17)29-18)26-10-8-25(9-11-26)12-15-6-4-5-7-16(15)22/h4-7,13H,3,8-12H2,1-2H3. The molecule has 0 N–H and O–H groups in total. The van der Waals surface area contributed by atoms with Crippen molar-refractivity contribution < 1.29 is 13.9 Å². The second-order valence-electron chi connectivity index (χ2n) is 7.01. The Balaban J connectivity index is 1.52. The van der Waals surface area contributed by atoms with Gasteiger partial charge in [0.15, 0.2) is 0 Å². The summed E-state index contributed by atoms with van der Waals surface area (Å²) in [4.78, 5) is 27.0. The summed E-state index contributed by atoms with van der Waals surface area (Å²) in [6.45, 7) is 7.86. The molecule has 0 radical (unpaired) electrons. The fourth-order valence-electron chi connectivity index (χ4n) is 3.67. The number of carbonyl (C=O) groups is 1. The largest absolute Gasteiger partial charge is 0.462 e. The number of rotatable bonds is 5. The van der Waals surface area contributed by atoms with E-state index < -0.39 is 0 Å². The number of halogens is 1. The number of piperazine rings is 1. The highest BCUT2D eigenvalue weighted by atomic mass is 32.1. The number of thiophene rings is 1. The molecule has 3 aromatic rings. The van der Waals surface area contributed by atoms with E-state index in [0.717, 1.165) is 53.3 Å². The number of fused-ring (bicyclic) bond motifs is 1. The molecular weight excluding hydrogens is 391 g/mol. The summed E-state index contributed by atoms with van der Waals surface area (Å²) >= 11 is 1.35. The van der Waals surface area contributed by atoms with E-state index in [1.807, 2.05) is 19.1 Å². The number of hydrogen-bond donors (Lipinski definition) is 0. The minimum absolute atomic E-state index is 0.159. The van der Waals surface area contributed by atoms with Gasteiger partial charge in [0.1, 0.15) is 27.7 Å². The predicted molar refractivity (Wildman–Crippen MR) is 112 cm³/mol. The monoisotopic (exact) mass is 414 g/mol. The first-order valence-electron chi connectivity index (χ1n) is 9.70. The zero-order chi connectivity index (χ0) is 20.4. The molecule has 1 saturated heterocycles. The highest BCUT2D eigenvalue weighted by molar-refractivity contribution is 7.20. The van der Waals surface area contributed by atoms with Crippen LogP contribution in [0.4, 0.5) is 10.2 Å². The van der Waals surface area contributed by atoms with Gasteiger partial charge >= 0.3 is 5.97 Å². The van der Waals surface area contributed by atoms with Crippen LogP contribution in [0.15, 0.2) is 30.6 Å². The second kappa shape index (κ2) is 8.42. The van der Waals surface area contributed by atoms with E-state index in [9.17, 15) is 9.18 Å². The van der Waals surface area contributed by atoms with E-state index in [4.69, 9.17) is 4.74 Å². The number of aryl methyl sites for hydroxylation is 1. The number of carbonyl (C=O) groups excluding carboxylic acids is 1. The van der Waals surface area contributed by atoms with Crippen molar-refractivity contribution in [1.82, 2.24) is 14.9 Å². The van der Waals surface area contributed by atoms with Crippen LogP contribution in [0, 0.1) is 12.7 Å². The zero-order valence-corrected chi connectivity index (χ0v) is 17.3. The van der Waals surface area contributed by atoms with Crippen LogP contribution in [-0.2, 0) is 11.3 Å². The maximum Gasteiger partial charge on any atom is 0.348 e. The highest BCUT2D eigenvalue weighted by Crippen LogP contribution is 2.35. The van der Waals surface area contributed by atoms with Gasteiger partial charge in [-0.15, -0.1) is 11.3 Å². The Kier molecular flexibility index (Phi) is 5.73. The first kappa shape index (κ1) is 19.7. The molecule has 1 fully saturated rings. The average molecular weight is 415 g/mol. The summed E-state index contributed by atoms with van der Waals surface area (Å²) in [5, 5.41) is 0.920. The number of ether oxygens (including phenoxy) is 1. The zero-order valence-electron chi connectivity index (χ0n) is 16.5. The number of benzene rings is 1. The van der Waals surface area contributed by atoms with Crippen molar-refractivity contribution in [2.75, 3.05) is 37.7 Å². The molecule has 6 nitrogen and oxygen atoms in total. The Morgan fingerprint density at radius 2 is 1.97 bits per heavy atom. The molecule has 1 aliphatic rings. The fourth-order valence-corrected chi connectivity index (χ4v) is 4.71. The van der Waals surface area contributed by atoms with Gasteiger partial charge in [0.05, 0.1) is 12.0 Å². The third-order valence-corrected chi connectivity index (χ3v) is 6.37. The number of nitrogens with zero attached hydrogens (tertiary/aromatic N) is 4. The van der Waals surface area contributed by atoms with E-state index in [1.54, 1.807) is 19.3 Å². The molecular formula is C21H23FN4O2S. The minimum Gasteiger partial charge on any atom is -0.462 e. The van der Waals surface area contributed by atoms with Gasteiger partial charge in [-0.1, -0.05) is 18.2 Å². The third kappa shape index (κ3) is 3.95. The smallest absolute Gasteiger partial charge is 0.348 e. The second-order valence-corrected chi connectivity index (χ2v) is 8.01. The van der Waals surface area contributed by atoms with Crippen LogP contribution < -0.4 is 4.90 Å². The van der Waals surface area contributed by atoms with Crippen LogP contribution in [0.1, 0.15) is 27.7 Å². The van der Waals surface area contributed by atoms with Gasteiger partial charge < -0.3 is 9.64 Å². The van der Waals surface area contributed by atoms with Gasteiger partial charge in [-0.25, -0.2) is 19.2 Å². The Labute approximate surface area is 172 Å². The van der Waals surface area contributed by atoms with E-state index in [2.05, 4.69) is 19.8 Å². The molecule has 1 aliphatic heterocycles. The molecule has 0 atom stereocenters. The van der Waals surface area contributed by atoms with E-state index in [-0.39, 0.29) is 11.8 Å². The van der Waals surface area contributed by atoms with Crippen molar-refractivity contribution in [2.45, 2.75) is 20.4 Å². The van der Waals surface area contributed by atoms with Crippen LogP contribution in [0.3, 0.4) is 0 Å². The van der Waals surface area contributed by atoms with Crippen molar-refractivity contribution in [2.24, 2.45) is 0 Å². The first-order valence-corrected chi connectivity index (χ1v) is 10.5. The summed E-state index contributed by atoms with van der Waals surface area (Å²) in [7, 11) is 0. The van der Waals surface area contributed by atoms with Crippen LogP contribution in [0.5, 0.6) is 0 Å². The van der Waals surface area contributed by atoms with Crippen molar-refractivity contribution in [3.05, 3.63) is 52.4 Å². The summed E-state index contributed by atoms with van der Waals surface area (Å²) in [5.74, 6) is 0.381. The number of hydrogen-bond acceptors (Lipinski definition) is 7. The lowest BCUT2D eigenvalue weighted by Crippen LogP contribution is -2.46. The molecule has 29 heavy (non-hydrogen) atoms. The number of esters is 1. The summed E-state index contributed by atoms with van der Waals surface area (Å²) in [5.41, 5.74) is 1.59. The van der Waals surface area contributed by atoms with Gasteiger partial charge in [-0.2, -0.15) is 0 Å². The van der Waals surface area contributed by atoms with Crippen molar-refractivity contribution >= 4 is 33.3 Å².